The maximum atomic E-state index is 6.19. The fraction of sp³-hybridized carbons (Fsp3) is 0.444. The highest BCUT2D eigenvalue weighted by Crippen LogP contribution is 2.38. The lowest BCUT2D eigenvalue weighted by molar-refractivity contribution is 0.254. The predicted octanol–water partition coefficient (Wildman–Crippen LogP) is 5.05. The fourth-order valence-electron chi connectivity index (χ4n) is 4.81. The van der Waals surface area contributed by atoms with Crippen LogP contribution in [0.2, 0.25) is 0 Å². The van der Waals surface area contributed by atoms with Crippen molar-refractivity contribution in [2.24, 2.45) is 0 Å². The summed E-state index contributed by atoms with van der Waals surface area (Å²) in [6.45, 7) is 7.99. The highest BCUT2D eigenvalue weighted by atomic mass is 16.5. The van der Waals surface area contributed by atoms with Gasteiger partial charge in [-0.3, -0.25) is 0 Å². The summed E-state index contributed by atoms with van der Waals surface area (Å²) in [6.07, 6.45) is 6.89. The van der Waals surface area contributed by atoms with Gasteiger partial charge in [-0.2, -0.15) is 0 Å². The maximum absolute atomic E-state index is 6.19. The topological polar surface area (TPSA) is 59.8 Å². The van der Waals surface area contributed by atoms with E-state index >= 15 is 0 Å². The molecule has 1 fully saturated rings. The molecule has 6 heteroatoms. The van der Waals surface area contributed by atoms with Gasteiger partial charge in [0.1, 0.15) is 11.5 Å². The Morgan fingerprint density at radius 2 is 2.00 bits per heavy atom. The number of fused-ring (bicyclic) bond motifs is 1. The average Bonchev–Trinajstić information content (AvgIpc) is 3.53. The third-order valence-electron chi connectivity index (χ3n) is 6.57. The van der Waals surface area contributed by atoms with Crippen molar-refractivity contribution in [2.75, 3.05) is 46.4 Å². The molecule has 1 N–H and O–H groups in total. The fourth-order valence-corrected chi connectivity index (χ4v) is 4.81. The van der Waals surface area contributed by atoms with E-state index in [1.54, 1.807) is 7.11 Å². The summed E-state index contributed by atoms with van der Waals surface area (Å²) in [7, 11) is 1.70. The molecule has 0 bridgehead atoms. The average molecular weight is 448 g/mol. The molecule has 1 aromatic carbocycles. The van der Waals surface area contributed by atoms with Crippen molar-refractivity contribution in [1.82, 2.24) is 15.2 Å². The van der Waals surface area contributed by atoms with E-state index in [0.29, 0.717) is 6.61 Å². The minimum atomic E-state index is 0.666. The van der Waals surface area contributed by atoms with Crippen molar-refractivity contribution in [3.63, 3.8) is 0 Å². The first kappa shape index (κ1) is 22.0. The zero-order chi connectivity index (χ0) is 22.6. The van der Waals surface area contributed by atoms with E-state index in [1.807, 2.05) is 25.1 Å². The molecule has 0 unspecified atom stereocenters. The molecule has 33 heavy (non-hydrogen) atoms. The molecule has 4 heterocycles. The lowest BCUT2D eigenvalue weighted by atomic mass is 9.95. The van der Waals surface area contributed by atoms with Crippen LogP contribution in [0.4, 0.5) is 0 Å². The van der Waals surface area contributed by atoms with Crippen molar-refractivity contribution in [2.45, 2.75) is 32.6 Å². The van der Waals surface area contributed by atoms with Crippen LogP contribution in [0.3, 0.4) is 0 Å². The number of hydrogen-bond acceptors (Lipinski definition) is 6. The van der Waals surface area contributed by atoms with E-state index in [2.05, 4.69) is 28.4 Å². The van der Waals surface area contributed by atoms with Gasteiger partial charge in [-0.1, -0.05) is 6.08 Å². The third-order valence-corrected chi connectivity index (χ3v) is 6.57. The number of aryl methyl sites for hydroxylation is 1. The molecule has 0 aliphatic carbocycles. The van der Waals surface area contributed by atoms with Crippen LogP contribution in [0, 0.1) is 6.92 Å². The number of methoxy groups -OCH3 is 1. The number of ether oxygens (including phenoxy) is 2. The predicted molar refractivity (Wildman–Crippen MR) is 132 cm³/mol. The number of aromatic nitrogens is 1. The molecular formula is C27H33N3O3. The smallest absolute Gasteiger partial charge is 0.163 e. The Kier molecular flexibility index (Phi) is 6.65. The minimum absolute atomic E-state index is 0.666. The molecule has 5 rings (SSSR count). The highest BCUT2D eigenvalue weighted by molar-refractivity contribution is 5.95. The molecule has 0 amide bonds. The lowest BCUT2D eigenvalue weighted by Gasteiger charge is -2.19. The summed E-state index contributed by atoms with van der Waals surface area (Å²) in [4.78, 5) is 7.47. The van der Waals surface area contributed by atoms with Crippen LogP contribution in [-0.2, 0) is 0 Å². The Morgan fingerprint density at radius 1 is 1.12 bits per heavy atom. The van der Waals surface area contributed by atoms with Gasteiger partial charge in [-0.25, -0.2) is 4.98 Å². The first-order chi connectivity index (χ1) is 16.2. The van der Waals surface area contributed by atoms with Gasteiger partial charge >= 0.3 is 0 Å². The molecule has 2 aliphatic rings. The number of pyridine rings is 1. The van der Waals surface area contributed by atoms with Gasteiger partial charge in [0.25, 0.3) is 0 Å². The second kappa shape index (κ2) is 9.98. The monoisotopic (exact) mass is 447 g/mol. The number of benzene rings is 1. The van der Waals surface area contributed by atoms with Crippen molar-refractivity contribution in [3.8, 4) is 23.0 Å². The van der Waals surface area contributed by atoms with Crippen LogP contribution in [-0.4, -0.2) is 56.3 Å². The number of hydrogen-bond donors (Lipinski definition) is 1. The Morgan fingerprint density at radius 3 is 2.73 bits per heavy atom. The second-order valence-electron chi connectivity index (χ2n) is 8.92. The van der Waals surface area contributed by atoms with E-state index < -0.39 is 0 Å². The van der Waals surface area contributed by atoms with E-state index in [-0.39, 0.29) is 0 Å². The van der Waals surface area contributed by atoms with Gasteiger partial charge in [-0.15, -0.1) is 0 Å². The summed E-state index contributed by atoms with van der Waals surface area (Å²) in [5, 5.41) is 4.48. The standard InChI is InChI=1S/C27H33N3O3/c1-19-6-7-25(33-19)24-16-21(20-8-10-28-11-9-20)22-17-26(31-2)27(18-23(22)29-24)32-15-5-14-30-12-3-4-13-30/h6-8,16-18,28H,3-5,9-15H2,1-2H3. The summed E-state index contributed by atoms with van der Waals surface area (Å²) in [6, 6.07) is 10.2. The first-order valence-corrected chi connectivity index (χ1v) is 12.1. The number of rotatable bonds is 8. The van der Waals surface area contributed by atoms with Crippen LogP contribution in [0.25, 0.3) is 27.9 Å². The Balaban J connectivity index is 1.49. The minimum Gasteiger partial charge on any atom is -0.493 e. The molecule has 2 aromatic heterocycles. The van der Waals surface area contributed by atoms with Gasteiger partial charge in [0.15, 0.2) is 17.3 Å². The Labute approximate surface area is 195 Å². The molecule has 1 saturated heterocycles. The van der Waals surface area contributed by atoms with E-state index in [0.717, 1.165) is 72.1 Å². The van der Waals surface area contributed by atoms with Gasteiger partial charge < -0.3 is 24.1 Å². The summed E-state index contributed by atoms with van der Waals surface area (Å²) in [5.41, 5.74) is 4.25. The summed E-state index contributed by atoms with van der Waals surface area (Å²) in [5.74, 6) is 3.17. The summed E-state index contributed by atoms with van der Waals surface area (Å²) >= 11 is 0. The summed E-state index contributed by atoms with van der Waals surface area (Å²) < 4.78 is 17.8. The number of nitrogens with zero attached hydrogens (tertiary/aromatic N) is 2. The van der Waals surface area contributed by atoms with Crippen molar-refractivity contribution in [3.05, 3.63) is 47.7 Å². The Bertz CT molecular complexity index is 1140. The zero-order valence-electron chi connectivity index (χ0n) is 19.7. The van der Waals surface area contributed by atoms with E-state index in [4.69, 9.17) is 18.9 Å². The van der Waals surface area contributed by atoms with E-state index in [9.17, 15) is 0 Å². The molecule has 0 spiro atoms. The normalized spacial score (nSPS) is 16.8. The van der Waals surface area contributed by atoms with Crippen LogP contribution < -0.4 is 14.8 Å². The van der Waals surface area contributed by atoms with Crippen LogP contribution in [0.15, 0.2) is 40.8 Å². The third kappa shape index (κ3) is 4.92. The molecule has 6 nitrogen and oxygen atoms in total. The van der Waals surface area contributed by atoms with Crippen molar-refractivity contribution >= 4 is 16.5 Å². The number of nitrogens with one attached hydrogen (secondary N) is 1. The van der Waals surface area contributed by atoms with Crippen molar-refractivity contribution in [1.29, 1.82) is 0 Å². The SMILES string of the molecule is COc1cc2c(C3=CCNCC3)cc(-c3ccc(C)o3)nc2cc1OCCCN1CCCC1. The Hall–Kier alpha value is -2.83. The van der Waals surface area contributed by atoms with Crippen LogP contribution >= 0.6 is 0 Å². The molecule has 0 radical (unpaired) electrons. The molecule has 174 valence electrons. The van der Waals surface area contributed by atoms with E-state index in [1.165, 1.54) is 37.1 Å². The molecule has 0 atom stereocenters. The number of furan rings is 1. The second-order valence-corrected chi connectivity index (χ2v) is 8.92. The van der Waals surface area contributed by atoms with Gasteiger partial charge in [0, 0.05) is 24.5 Å². The van der Waals surface area contributed by atoms with Gasteiger partial charge in [0.05, 0.1) is 19.2 Å². The largest absolute Gasteiger partial charge is 0.493 e. The van der Waals surface area contributed by atoms with Crippen LogP contribution in [0.1, 0.15) is 37.0 Å². The zero-order valence-corrected chi connectivity index (χ0v) is 19.7. The van der Waals surface area contributed by atoms with Gasteiger partial charge in [0.2, 0.25) is 0 Å². The van der Waals surface area contributed by atoms with Crippen LogP contribution in [0.5, 0.6) is 11.5 Å². The van der Waals surface area contributed by atoms with Gasteiger partial charge in [-0.05, 0) is 87.6 Å². The first-order valence-electron chi connectivity index (χ1n) is 12.1. The molecular weight excluding hydrogens is 414 g/mol. The molecule has 0 saturated carbocycles. The maximum Gasteiger partial charge on any atom is 0.163 e. The number of likely N-dealkylation sites (tertiary alicyclic amines) is 1. The molecule has 3 aromatic rings. The quantitative estimate of drug-likeness (QED) is 0.488. The lowest BCUT2D eigenvalue weighted by Crippen LogP contribution is -2.22. The highest BCUT2D eigenvalue weighted by Gasteiger charge is 2.18. The van der Waals surface area contributed by atoms with Crippen molar-refractivity contribution < 1.29 is 13.9 Å². The molecule has 2 aliphatic heterocycles.